The van der Waals surface area contributed by atoms with E-state index in [1.807, 2.05) is 13.0 Å². The number of oxazole rings is 1. The quantitative estimate of drug-likeness (QED) is 0.795. The lowest BCUT2D eigenvalue weighted by Gasteiger charge is -2.17. The minimum Gasteiger partial charge on any atom is -0.441 e. The SMILES string of the molecule is Cc1nc2cc(CCNCC(C)(C)O)ccc2o1. The topological polar surface area (TPSA) is 58.3 Å². The van der Waals surface area contributed by atoms with Crippen LogP contribution in [-0.4, -0.2) is 28.8 Å². The lowest BCUT2D eigenvalue weighted by atomic mass is 10.1. The number of hydrogen-bond donors (Lipinski definition) is 2. The summed E-state index contributed by atoms with van der Waals surface area (Å²) in [6.07, 6.45) is 0.915. The van der Waals surface area contributed by atoms with Gasteiger partial charge in [0.15, 0.2) is 11.5 Å². The van der Waals surface area contributed by atoms with Gasteiger partial charge in [-0.1, -0.05) is 6.07 Å². The zero-order valence-corrected chi connectivity index (χ0v) is 11.2. The van der Waals surface area contributed by atoms with Crippen LogP contribution in [0.2, 0.25) is 0 Å². The van der Waals surface area contributed by atoms with Crippen LogP contribution in [0.4, 0.5) is 0 Å². The van der Waals surface area contributed by atoms with Crippen molar-refractivity contribution in [3.63, 3.8) is 0 Å². The number of nitrogens with zero attached hydrogens (tertiary/aromatic N) is 1. The maximum absolute atomic E-state index is 9.57. The van der Waals surface area contributed by atoms with Gasteiger partial charge in [0.05, 0.1) is 5.60 Å². The van der Waals surface area contributed by atoms with Gasteiger partial charge in [-0.2, -0.15) is 0 Å². The first-order chi connectivity index (χ1) is 8.44. The molecule has 0 spiro atoms. The molecule has 1 aromatic heterocycles. The lowest BCUT2D eigenvalue weighted by molar-refractivity contribution is 0.0801. The Bertz CT molecular complexity index is 526. The highest BCUT2D eigenvalue weighted by Crippen LogP contribution is 2.16. The fourth-order valence-corrected chi connectivity index (χ4v) is 1.87. The van der Waals surface area contributed by atoms with Crippen molar-refractivity contribution in [2.24, 2.45) is 0 Å². The molecule has 0 aliphatic carbocycles. The average Bonchev–Trinajstić information content (AvgIpc) is 2.62. The molecule has 0 amide bonds. The molecule has 0 saturated heterocycles. The smallest absolute Gasteiger partial charge is 0.192 e. The van der Waals surface area contributed by atoms with E-state index in [0.717, 1.165) is 24.1 Å². The highest BCUT2D eigenvalue weighted by molar-refractivity contribution is 5.73. The number of fused-ring (bicyclic) bond motifs is 1. The summed E-state index contributed by atoms with van der Waals surface area (Å²) in [4.78, 5) is 4.31. The molecule has 0 aliphatic rings. The van der Waals surface area contributed by atoms with Gasteiger partial charge in [0, 0.05) is 13.5 Å². The molecule has 0 aliphatic heterocycles. The minimum atomic E-state index is -0.660. The Hall–Kier alpha value is -1.39. The Balaban J connectivity index is 1.91. The van der Waals surface area contributed by atoms with E-state index in [1.165, 1.54) is 5.56 Å². The van der Waals surface area contributed by atoms with Gasteiger partial charge in [0.1, 0.15) is 5.52 Å². The number of nitrogens with one attached hydrogen (secondary N) is 1. The number of rotatable bonds is 5. The second-order valence-corrected chi connectivity index (χ2v) is 5.27. The molecule has 4 heteroatoms. The maximum atomic E-state index is 9.57. The number of benzene rings is 1. The monoisotopic (exact) mass is 248 g/mol. The van der Waals surface area contributed by atoms with E-state index in [-0.39, 0.29) is 0 Å². The van der Waals surface area contributed by atoms with Gasteiger partial charge in [-0.15, -0.1) is 0 Å². The van der Waals surface area contributed by atoms with Gasteiger partial charge in [0.2, 0.25) is 0 Å². The minimum absolute atomic E-state index is 0.596. The van der Waals surface area contributed by atoms with Crippen molar-refractivity contribution >= 4 is 11.1 Å². The number of hydrogen-bond acceptors (Lipinski definition) is 4. The molecule has 18 heavy (non-hydrogen) atoms. The van der Waals surface area contributed by atoms with E-state index in [0.29, 0.717) is 12.4 Å². The summed E-state index contributed by atoms with van der Waals surface area (Å²) in [5.74, 6) is 0.697. The molecule has 0 fully saturated rings. The number of aliphatic hydroxyl groups is 1. The molecule has 0 radical (unpaired) electrons. The standard InChI is InChI=1S/C14H20N2O2/c1-10-16-12-8-11(4-5-13(12)18-10)6-7-15-9-14(2,3)17/h4-5,8,15,17H,6-7,9H2,1-3H3. The van der Waals surface area contributed by atoms with E-state index < -0.39 is 5.60 Å². The second kappa shape index (κ2) is 5.08. The molecule has 0 bridgehead atoms. The first-order valence-corrected chi connectivity index (χ1v) is 6.23. The highest BCUT2D eigenvalue weighted by Gasteiger charge is 2.10. The summed E-state index contributed by atoms with van der Waals surface area (Å²) < 4.78 is 5.43. The highest BCUT2D eigenvalue weighted by atomic mass is 16.3. The third-order valence-electron chi connectivity index (χ3n) is 2.71. The predicted octanol–water partition coefficient (Wildman–Crippen LogP) is 2.04. The summed E-state index contributed by atoms with van der Waals surface area (Å²) in [5, 5.41) is 12.8. The molecule has 1 aromatic carbocycles. The van der Waals surface area contributed by atoms with E-state index in [1.54, 1.807) is 13.8 Å². The van der Waals surface area contributed by atoms with Crippen LogP contribution in [-0.2, 0) is 6.42 Å². The molecular formula is C14H20N2O2. The van der Waals surface area contributed by atoms with Gasteiger partial charge in [-0.05, 0) is 44.5 Å². The predicted molar refractivity (Wildman–Crippen MR) is 71.6 cm³/mol. The van der Waals surface area contributed by atoms with Crippen LogP contribution in [0.25, 0.3) is 11.1 Å². The number of aromatic nitrogens is 1. The van der Waals surface area contributed by atoms with E-state index in [4.69, 9.17) is 4.42 Å². The van der Waals surface area contributed by atoms with E-state index in [2.05, 4.69) is 22.4 Å². The van der Waals surface area contributed by atoms with Crippen LogP contribution in [0, 0.1) is 6.92 Å². The fourth-order valence-electron chi connectivity index (χ4n) is 1.87. The summed E-state index contributed by atoms with van der Waals surface area (Å²) in [6, 6.07) is 6.07. The van der Waals surface area contributed by atoms with Crippen molar-refractivity contribution in [1.29, 1.82) is 0 Å². The number of aryl methyl sites for hydroxylation is 1. The summed E-state index contributed by atoms with van der Waals surface area (Å²) >= 11 is 0. The Morgan fingerprint density at radius 3 is 2.89 bits per heavy atom. The van der Waals surface area contributed by atoms with Crippen LogP contribution in [0.5, 0.6) is 0 Å². The Morgan fingerprint density at radius 2 is 2.17 bits per heavy atom. The molecule has 1 heterocycles. The van der Waals surface area contributed by atoms with Crippen molar-refractivity contribution in [3.8, 4) is 0 Å². The molecule has 0 atom stereocenters. The van der Waals surface area contributed by atoms with Crippen molar-refractivity contribution in [2.45, 2.75) is 32.8 Å². The van der Waals surface area contributed by atoms with Gasteiger partial charge >= 0.3 is 0 Å². The zero-order valence-electron chi connectivity index (χ0n) is 11.2. The fraction of sp³-hybridized carbons (Fsp3) is 0.500. The van der Waals surface area contributed by atoms with Crippen molar-refractivity contribution in [1.82, 2.24) is 10.3 Å². The Morgan fingerprint density at radius 1 is 1.39 bits per heavy atom. The van der Waals surface area contributed by atoms with Crippen LogP contribution >= 0.6 is 0 Å². The van der Waals surface area contributed by atoms with E-state index >= 15 is 0 Å². The van der Waals surface area contributed by atoms with Crippen molar-refractivity contribution in [2.75, 3.05) is 13.1 Å². The molecule has 2 N–H and O–H groups in total. The molecule has 0 saturated carbocycles. The molecular weight excluding hydrogens is 228 g/mol. The van der Waals surface area contributed by atoms with Crippen LogP contribution in [0.1, 0.15) is 25.3 Å². The van der Waals surface area contributed by atoms with Crippen molar-refractivity contribution in [3.05, 3.63) is 29.7 Å². The normalized spacial score (nSPS) is 12.2. The summed E-state index contributed by atoms with van der Waals surface area (Å²) in [6.45, 7) is 6.88. The van der Waals surface area contributed by atoms with Gasteiger partial charge in [-0.3, -0.25) is 0 Å². The molecule has 2 rings (SSSR count). The van der Waals surface area contributed by atoms with Crippen LogP contribution < -0.4 is 5.32 Å². The first kappa shape index (κ1) is 13.1. The first-order valence-electron chi connectivity index (χ1n) is 6.23. The Kier molecular flexibility index (Phi) is 3.68. The van der Waals surface area contributed by atoms with E-state index in [9.17, 15) is 5.11 Å². The molecule has 98 valence electrons. The second-order valence-electron chi connectivity index (χ2n) is 5.27. The molecule has 2 aromatic rings. The molecule has 0 unspecified atom stereocenters. The van der Waals surface area contributed by atoms with Crippen molar-refractivity contribution < 1.29 is 9.52 Å². The van der Waals surface area contributed by atoms with Crippen LogP contribution in [0.3, 0.4) is 0 Å². The largest absolute Gasteiger partial charge is 0.441 e. The third-order valence-corrected chi connectivity index (χ3v) is 2.71. The van der Waals surface area contributed by atoms with Gasteiger partial charge < -0.3 is 14.8 Å². The third kappa shape index (κ3) is 3.55. The summed E-state index contributed by atoms with van der Waals surface area (Å²) in [5.41, 5.74) is 2.31. The zero-order chi connectivity index (χ0) is 13.2. The Labute approximate surface area is 107 Å². The molecule has 4 nitrogen and oxygen atoms in total. The van der Waals surface area contributed by atoms with Gasteiger partial charge in [0.25, 0.3) is 0 Å². The van der Waals surface area contributed by atoms with Gasteiger partial charge in [-0.25, -0.2) is 4.98 Å². The maximum Gasteiger partial charge on any atom is 0.192 e. The summed E-state index contributed by atoms with van der Waals surface area (Å²) in [7, 11) is 0. The lowest BCUT2D eigenvalue weighted by Crippen LogP contribution is -2.35. The average molecular weight is 248 g/mol. The van der Waals surface area contributed by atoms with Crippen LogP contribution in [0.15, 0.2) is 22.6 Å².